The van der Waals surface area contributed by atoms with Crippen molar-refractivity contribution in [1.29, 1.82) is 0 Å². The normalized spacial score (nSPS) is 16.9. The van der Waals surface area contributed by atoms with Gasteiger partial charge in [0.05, 0.1) is 0 Å². The summed E-state index contributed by atoms with van der Waals surface area (Å²) in [5.74, 6) is -0.185. The second-order valence-electron chi connectivity index (χ2n) is 4.27. The summed E-state index contributed by atoms with van der Waals surface area (Å²) in [6.07, 6.45) is 1.86. The standard InChI is InChI=1S/C13H16ClNO2/c1-10(16)17-13-6-8-15(9-7-13)12-4-2-11(14)3-5-12/h2-5,13H,6-9H2,1H3. The highest BCUT2D eigenvalue weighted by Crippen LogP contribution is 2.23. The maximum absolute atomic E-state index is 10.9. The summed E-state index contributed by atoms with van der Waals surface area (Å²) in [7, 11) is 0. The highest BCUT2D eigenvalue weighted by atomic mass is 35.5. The molecule has 1 aromatic rings. The molecule has 0 saturated carbocycles. The van der Waals surface area contributed by atoms with E-state index in [4.69, 9.17) is 16.3 Å². The minimum Gasteiger partial charge on any atom is -0.462 e. The van der Waals surface area contributed by atoms with Gasteiger partial charge >= 0.3 is 5.97 Å². The predicted octanol–water partition coefficient (Wildman–Crippen LogP) is 2.87. The zero-order valence-corrected chi connectivity index (χ0v) is 10.6. The zero-order chi connectivity index (χ0) is 12.3. The van der Waals surface area contributed by atoms with Crippen molar-refractivity contribution in [2.75, 3.05) is 18.0 Å². The Kier molecular flexibility index (Phi) is 3.89. The van der Waals surface area contributed by atoms with Gasteiger partial charge in [-0.15, -0.1) is 0 Å². The Morgan fingerprint density at radius 2 is 1.88 bits per heavy atom. The lowest BCUT2D eigenvalue weighted by Crippen LogP contribution is -2.37. The minimum atomic E-state index is -0.185. The quantitative estimate of drug-likeness (QED) is 0.759. The number of esters is 1. The number of nitrogens with zero attached hydrogens (tertiary/aromatic N) is 1. The number of rotatable bonds is 2. The number of carbonyl (C=O) groups excluding carboxylic acids is 1. The molecular weight excluding hydrogens is 238 g/mol. The molecule has 3 nitrogen and oxygen atoms in total. The molecule has 1 heterocycles. The van der Waals surface area contributed by atoms with Crippen molar-refractivity contribution >= 4 is 23.3 Å². The van der Waals surface area contributed by atoms with Crippen LogP contribution in [0.5, 0.6) is 0 Å². The van der Waals surface area contributed by atoms with E-state index < -0.39 is 0 Å². The number of hydrogen-bond acceptors (Lipinski definition) is 3. The van der Waals surface area contributed by atoms with Crippen molar-refractivity contribution in [3.8, 4) is 0 Å². The third-order valence-electron chi connectivity index (χ3n) is 2.97. The minimum absolute atomic E-state index is 0.0797. The summed E-state index contributed by atoms with van der Waals surface area (Å²) in [5, 5.41) is 0.753. The number of carbonyl (C=O) groups is 1. The summed E-state index contributed by atoms with van der Waals surface area (Å²) in [4.78, 5) is 13.1. The zero-order valence-electron chi connectivity index (χ0n) is 9.86. The van der Waals surface area contributed by atoms with Crippen LogP contribution in [0.15, 0.2) is 24.3 Å². The van der Waals surface area contributed by atoms with Crippen LogP contribution in [0.4, 0.5) is 5.69 Å². The molecule has 0 amide bonds. The van der Waals surface area contributed by atoms with Gasteiger partial charge in [0.15, 0.2) is 0 Å². The van der Waals surface area contributed by atoms with Crippen LogP contribution in [-0.4, -0.2) is 25.2 Å². The lowest BCUT2D eigenvalue weighted by Gasteiger charge is -2.33. The number of hydrogen-bond donors (Lipinski definition) is 0. The molecule has 0 aliphatic carbocycles. The maximum Gasteiger partial charge on any atom is 0.302 e. The number of halogens is 1. The van der Waals surface area contributed by atoms with Crippen LogP contribution >= 0.6 is 11.6 Å². The first-order chi connectivity index (χ1) is 8.15. The lowest BCUT2D eigenvalue weighted by molar-refractivity contribution is -0.147. The van der Waals surface area contributed by atoms with Crippen molar-refractivity contribution in [3.63, 3.8) is 0 Å². The highest BCUT2D eigenvalue weighted by molar-refractivity contribution is 6.30. The van der Waals surface area contributed by atoms with Crippen molar-refractivity contribution < 1.29 is 9.53 Å². The van der Waals surface area contributed by atoms with E-state index in [-0.39, 0.29) is 12.1 Å². The van der Waals surface area contributed by atoms with Gasteiger partial charge in [0.25, 0.3) is 0 Å². The predicted molar refractivity (Wildman–Crippen MR) is 68.5 cm³/mol. The molecule has 2 rings (SSSR count). The molecule has 0 bridgehead atoms. The van der Waals surface area contributed by atoms with E-state index in [9.17, 15) is 4.79 Å². The Morgan fingerprint density at radius 3 is 2.41 bits per heavy atom. The number of piperidine rings is 1. The molecule has 1 aromatic carbocycles. The van der Waals surface area contributed by atoms with E-state index >= 15 is 0 Å². The third kappa shape index (κ3) is 3.37. The molecule has 0 spiro atoms. The molecule has 0 aromatic heterocycles. The van der Waals surface area contributed by atoms with Gasteiger partial charge in [-0.2, -0.15) is 0 Å². The van der Waals surface area contributed by atoms with E-state index in [2.05, 4.69) is 4.90 Å². The van der Waals surface area contributed by atoms with Gasteiger partial charge in [0.1, 0.15) is 6.10 Å². The molecular formula is C13H16ClNO2. The van der Waals surface area contributed by atoms with Crippen molar-refractivity contribution in [2.24, 2.45) is 0 Å². The Morgan fingerprint density at radius 1 is 1.29 bits per heavy atom. The molecule has 4 heteroatoms. The second kappa shape index (κ2) is 5.41. The molecule has 0 N–H and O–H groups in total. The van der Waals surface area contributed by atoms with Gasteiger partial charge in [-0.05, 0) is 24.3 Å². The van der Waals surface area contributed by atoms with E-state index in [0.717, 1.165) is 31.0 Å². The average Bonchev–Trinajstić information content (AvgIpc) is 2.30. The molecule has 0 atom stereocenters. The van der Waals surface area contributed by atoms with Crippen LogP contribution in [-0.2, 0) is 9.53 Å². The Bertz CT molecular complexity index is 383. The summed E-state index contributed by atoms with van der Waals surface area (Å²) in [6, 6.07) is 7.84. The number of ether oxygens (including phenoxy) is 1. The first-order valence-electron chi connectivity index (χ1n) is 5.83. The highest BCUT2D eigenvalue weighted by Gasteiger charge is 2.21. The smallest absolute Gasteiger partial charge is 0.302 e. The summed E-state index contributed by atoms with van der Waals surface area (Å²) >= 11 is 5.86. The van der Waals surface area contributed by atoms with Crippen molar-refractivity contribution in [2.45, 2.75) is 25.9 Å². The molecule has 17 heavy (non-hydrogen) atoms. The van der Waals surface area contributed by atoms with Crippen LogP contribution in [0, 0.1) is 0 Å². The maximum atomic E-state index is 10.9. The fourth-order valence-electron chi connectivity index (χ4n) is 2.12. The van der Waals surface area contributed by atoms with Crippen LogP contribution in [0.1, 0.15) is 19.8 Å². The molecule has 1 fully saturated rings. The van der Waals surface area contributed by atoms with E-state index in [1.807, 2.05) is 24.3 Å². The number of benzene rings is 1. The molecule has 0 radical (unpaired) electrons. The van der Waals surface area contributed by atoms with Crippen molar-refractivity contribution in [3.05, 3.63) is 29.3 Å². The topological polar surface area (TPSA) is 29.5 Å². The van der Waals surface area contributed by atoms with Gasteiger partial charge in [-0.3, -0.25) is 4.79 Å². The average molecular weight is 254 g/mol. The SMILES string of the molecule is CC(=O)OC1CCN(c2ccc(Cl)cc2)CC1. The first kappa shape index (κ1) is 12.2. The van der Waals surface area contributed by atoms with Gasteiger partial charge in [-0.1, -0.05) is 11.6 Å². The monoisotopic (exact) mass is 253 g/mol. The van der Waals surface area contributed by atoms with Crippen molar-refractivity contribution in [1.82, 2.24) is 0 Å². The van der Waals surface area contributed by atoms with Crippen LogP contribution in [0.3, 0.4) is 0 Å². The van der Waals surface area contributed by atoms with Crippen LogP contribution < -0.4 is 4.90 Å². The summed E-state index contributed by atoms with van der Waals surface area (Å²) in [6.45, 7) is 3.30. The fraction of sp³-hybridized carbons (Fsp3) is 0.462. The Labute approximate surface area is 106 Å². The fourth-order valence-corrected chi connectivity index (χ4v) is 2.24. The van der Waals surface area contributed by atoms with Gasteiger partial charge < -0.3 is 9.64 Å². The second-order valence-corrected chi connectivity index (χ2v) is 4.71. The largest absolute Gasteiger partial charge is 0.462 e. The summed E-state index contributed by atoms with van der Waals surface area (Å²) < 4.78 is 5.21. The molecule has 1 saturated heterocycles. The Balaban J connectivity index is 1.90. The van der Waals surface area contributed by atoms with Gasteiger partial charge in [0.2, 0.25) is 0 Å². The van der Waals surface area contributed by atoms with E-state index in [1.54, 1.807) is 0 Å². The number of anilines is 1. The first-order valence-corrected chi connectivity index (χ1v) is 6.20. The molecule has 1 aliphatic rings. The molecule has 92 valence electrons. The van der Waals surface area contributed by atoms with E-state index in [0.29, 0.717) is 0 Å². The van der Waals surface area contributed by atoms with E-state index in [1.165, 1.54) is 12.6 Å². The van der Waals surface area contributed by atoms with Gasteiger partial charge in [-0.25, -0.2) is 0 Å². The van der Waals surface area contributed by atoms with Crippen LogP contribution in [0.25, 0.3) is 0 Å². The lowest BCUT2D eigenvalue weighted by atomic mass is 10.1. The third-order valence-corrected chi connectivity index (χ3v) is 3.22. The molecule has 1 aliphatic heterocycles. The molecule has 0 unspecified atom stereocenters. The Hall–Kier alpha value is -1.22. The van der Waals surface area contributed by atoms with Crippen LogP contribution in [0.2, 0.25) is 5.02 Å². The summed E-state index contributed by atoms with van der Waals surface area (Å²) in [5.41, 5.74) is 1.18. The van der Waals surface area contributed by atoms with Gasteiger partial charge in [0, 0.05) is 43.6 Å².